The van der Waals surface area contributed by atoms with E-state index in [1.165, 1.54) is 17.6 Å². The van der Waals surface area contributed by atoms with Crippen molar-refractivity contribution in [2.75, 3.05) is 53.6 Å². The monoisotopic (exact) mass is 538 g/mol. The first-order valence-corrected chi connectivity index (χ1v) is 13.3. The summed E-state index contributed by atoms with van der Waals surface area (Å²) in [6.45, 7) is 7.08. The predicted molar refractivity (Wildman–Crippen MR) is 145 cm³/mol. The number of morpholine rings is 1. The third-order valence-corrected chi connectivity index (χ3v) is 7.28. The molecule has 1 fully saturated rings. The second-order valence-corrected chi connectivity index (χ2v) is 10.0. The number of esters is 1. The van der Waals surface area contributed by atoms with Crippen LogP contribution in [0.4, 0.5) is 0 Å². The molecule has 0 bridgehead atoms. The lowest BCUT2D eigenvalue weighted by Crippen LogP contribution is -2.45. The van der Waals surface area contributed by atoms with Gasteiger partial charge in [0.05, 0.1) is 26.9 Å². The van der Waals surface area contributed by atoms with Crippen LogP contribution in [0.5, 0.6) is 5.75 Å². The summed E-state index contributed by atoms with van der Waals surface area (Å²) in [5.41, 5.74) is 9.02. The fraction of sp³-hybridized carbons (Fsp3) is 0.483. The van der Waals surface area contributed by atoms with E-state index >= 15 is 0 Å². The highest BCUT2D eigenvalue weighted by Crippen LogP contribution is 2.33. The zero-order chi connectivity index (χ0) is 27.8. The number of primary amides is 1. The SMILES string of the molecule is COC(=O)CCC(C(N)=O)N1Cc2c(OCc3ccc(CN(C)CCN4CCOCC4)cc3)cccc2C1=O. The molecule has 0 aromatic heterocycles. The molecule has 39 heavy (non-hydrogen) atoms. The van der Waals surface area contributed by atoms with Crippen molar-refractivity contribution in [2.45, 2.75) is 38.6 Å². The van der Waals surface area contributed by atoms with Crippen LogP contribution in [0.25, 0.3) is 0 Å². The Morgan fingerprint density at radius 2 is 1.82 bits per heavy atom. The van der Waals surface area contributed by atoms with Crippen molar-refractivity contribution in [3.63, 3.8) is 0 Å². The molecule has 210 valence electrons. The van der Waals surface area contributed by atoms with Crippen LogP contribution in [0.15, 0.2) is 42.5 Å². The van der Waals surface area contributed by atoms with Crippen LogP contribution in [-0.4, -0.2) is 92.1 Å². The van der Waals surface area contributed by atoms with E-state index in [1.807, 2.05) is 6.07 Å². The highest BCUT2D eigenvalue weighted by molar-refractivity contribution is 6.01. The molecule has 2 aromatic carbocycles. The molecule has 0 spiro atoms. The van der Waals surface area contributed by atoms with Crippen LogP contribution < -0.4 is 10.5 Å². The maximum Gasteiger partial charge on any atom is 0.305 e. The molecule has 0 radical (unpaired) electrons. The fourth-order valence-corrected chi connectivity index (χ4v) is 4.95. The average molecular weight is 539 g/mol. The van der Waals surface area contributed by atoms with Gasteiger partial charge >= 0.3 is 5.97 Å². The number of hydrogen-bond acceptors (Lipinski definition) is 8. The van der Waals surface area contributed by atoms with Gasteiger partial charge in [-0.2, -0.15) is 0 Å². The van der Waals surface area contributed by atoms with Gasteiger partial charge in [0, 0.05) is 50.3 Å². The zero-order valence-electron chi connectivity index (χ0n) is 22.8. The van der Waals surface area contributed by atoms with Crippen LogP contribution in [0.2, 0.25) is 0 Å². The highest BCUT2D eigenvalue weighted by Gasteiger charge is 2.37. The van der Waals surface area contributed by atoms with Crippen molar-refractivity contribution < 1.29 is 28.6 Å². The molecule has 10 heteroatoms. The Morgan fingerprint density at radius 3 is 2.51 bits per heavy atom. The molecule has 2 amide bonds. The van der Waals surface area contributed by atoms with Gasteiger partial charge < -0.3 is 29.7 Å². The molecular weight excluding hydrogens is 500 g/mol. The quantitative estimate of drug-likeness (QED) is 0.384. The van der Waals surface area contributed by atoms with Gasteiger partial charge in [-0.05, 0) is 36.7 Å². The maximum atomic E-state index is 13.1. The minimum Gasteiger partial charge on any atom is -0.489 e. The molecule has 1 atom stereocenters. The molecule has 10 nitrogen and oxygen atoms in total. The Kier molecular flexibility index (Phi) is 9.91. The van der Waals surface area contributed by atoms with Crippen molar-refractivity contribution in [1.29, 1.82) is 0 Å². The first-order valence-electron chi connectivity index (χ1n) is 13.3. The van der Waals surface area contributed by atoms with E-state index in [0.717, 1.165) is 51.5 Å². The first-order chi connectivity index (χ1) is 18.9. The number of rotatable bonds is 13. The summed E-state index contributed by atoms with van der Waals surface area (Å²) in [6.07, 6.45) is 0.0972. The molecule has 0 saturated carbocycles. The summed E-state index contributed by atoms with van der Waals surface area (Å²) in [6, 6.07) is 12.7. The number of ether oxygens (including phenoxy) is 3. The molecule has 2 N–H and O–H groups in total. The molecule has 2 aliphatic heterocycles. The molecule has 2 aliphatic rings. The molecule has 4 rings (SSSR count). The normalized spacial score (nSPS) is 16.3. The van der Waals surface area contributed by atoms with Crippen LogP contribution in [0.3, 0.4) is 0 Å². The van der Waals surface area contributed by atoms with Crippen molar-refractivity contribution in [3.8, 4) is 5.75 Å². The number of carbonyl (C=O) groups excluding carboxylic acids is 3. The number of hydrogen-bond donors (Lipinski definition) is 1. The highest BCUT2D eigenvalue weighted by atomic mass is 16.5. The van der Waals surface area contributed by atoms with Crippen LogP contribution in [-0.2, 0) is 38.8 Å². The van der Waals surface area contributed by atoms with E-state index in [2.05, 4.69) is 45.8 Å². The van der Waals surface area contributed by atoms with Gasteiger partial charge in [0.2, 0.25) is 5.91 Å². The number of benzene rings is 2. The summed E-state index contributed by atoms with van der Waals surface area (Å²) in [5.74, 6) is -0.827. The Bertz CT molecular complexity index is 1150. The first kappa shape index (κ1) is 28.5. The number of fused-ring (bicyclic) bond motifs is 1. The number of likely N-dealkylation sites (N-methyl/N-ethyl adjacent to an activating group) is 1. The van der Waals surface area contributed by atoms with Gasteiger partial charge in [-0.25, -0.2) is 0 Å². The van der Waals surface area contributed by atoms with E-state index < -0.39 is 17.9 Å². The molecule has 0 aliphatic carbocycles. The Balaban J connectivity index is 1.32. The average Bonchev–Trinajstić information content (AvgIpc) is 3.28. The summed E-state index contributed by atoms with van der Waals surface area (Å²) in [7, 11) is 3.41. The van der Waals surface area contributed by atoms with Crippen molar-refractivity contribution >= 4 is 17.8 Å². The van der Waals surface area contributed by atoms with E-state index in [0.29, 0.717) is 23.5 Å². The summed E-state index contributed by atoms with van der Waals surface area (Å²) < 4.78 is 16.2. The lowest BCUT2D eigenvalue weighted by atomic mass is 10.1. The summed E-state index contributed by atoms with van der Waals surface area (Å²) in [4.78, 5) is 42.9. The van der Waals surface area contributed by atoms with Gasteiger partial charge in [0.1, 0.15) is 18.4 Å². The maximum absolute atomic E-state index is 13.1. The Labute approximate surface area is 229 Å². The van der Waals surface area contributed by atoms with E-state index in [4.69, 9.17) is 15.2 Å². The van der Waals surface area contributed by atoms with Gasteiger partial charge in [-0.15, -0.1) is 0 Å². The summed E-state index contributed by atoms with van der Waals surface area (Å²) >= 11 is 0. The standard InChI is InChI=1S/C29H38N4O6/c1-31(12-13-32-14-16-38-17-15-32)18-21-6-8-22(9-7-21)20-39-26-5-3-4-23-24(26)19-33(29(23)36)25(28(30)35)10-11-27(34)37-2/h3-9,25H,10-20H2,1-2H3,(H2,30,35). The second-order valence-electron chi connectivity index (χ2n) is 10.0. The largest absolute Gasteiger partial charge is 0.489 e. The van der Waals surface area contributed by atoms with Crippen molar-refractivity contribution in [3.05, 3.63) is 64.7 Å². The van der Waals surface area contributed by atoms with Crippen LogP contribution >= 0.6 is 0 Å². The molecule has 1 unspecified atom stereocenters. The lowest BCUT2D eigenvalue weighted by molar-refractivity contribution is -0.141. The van der Waals surface area contributed by atoms with E-state index in [-0.39, 0.29) is 25.3 Å². The lowest BCUT2D eigenvalue weighted by Gasteiger charge is -2.28. The molecule has 2 aromatic rings. The van der Waals surface area contributed by atoms with Gasteiger partial charge in [-0.3, -0.25) is 19.3 Å². The van der Waals surface area contributed by atoms with Crippen molar-refractivity contribution in [2.24, 2.45) is 5.73 Å². The van der Waals surface area contributed by atoms with Gasteiger partial charge in [0.15, 0.2) is 0 Å². The van der Waals surface area contributed by atoms with Crippen LogP contribution in [0.1, 0.15) is 39.9 Å². The van der Waals surface area contributed by atoms with Crippen LogP contribution in [0, 0.1) is 0 Å². The van der Waals surface area contributed by atoms with E-state index in [9.17, 15) is 14.4 Å². The zero-order valence-corrected chi connectivity index (χ0v) is 22.8. The number of carbonyl (C=O) groups is 3. The third kappa shape index (κ3) is 7.56. The molecular formula is C29H38N4O6. The van der Waals surface area contributed by atoms with Gasteiger partial charge in [0.25, 0.3) is 5.91 Å². The van der Waals surface area contributed by atoms with Crippen molar-refractivity contribution in [1.82, 2.24) is 14.7 Å². The van der Waals surface area contributed by atoms with E-state index in [1.54, 1.807) is 12.1 Å². The smallest absolute Gasteiger partial charge is 0.305 e. The number of nitrogens with two attached hydrogens (primary N) is 1. The Hall–Kier alpha value is -3.47. The fourth-order valence-electron chi connectivity index (χ4n) is 4.95. The third-order valence-electron chi connectivity index (χ3n) is 7.28. The Morgan fingerprint density at radius 1 is 1.10 bits per heavy atom. The minimum atomic E-state index is -0.906. The summed E-state index contributed by atoms with van der Waals surface area (Å²) in [5, 5.41) is 0. The topological polar surface area (TPSA) is 115 Å². The number of nitrogens with zero attached hydrogens (tertiary/aromatic N) is 3. The number of amides is 2. The second kappa shape index (κ2) is 13.5. The number of methoxy groups -OCH3 is 1. The minimum absolute atomic E-state index is 0.00670. The molecule has 1 saturated heterocycles. The predicted octanol–water partition coefficient (Wildman–Crippen LogP) is 1.79. The van der Waals surface area contributed by atoms with Gasteiger partial charge in [-0.1, -0.05) is 30.3 Å². The molecule has 2 heterocycles.